The number of carbonyl (C=O) groups excluding carboxylic acids is 1. The van der Waals surface area contributed by atoms with Crippen LogP contribution >= 0.6 is 0 Å². The summed E-state index contributed by atoms with van der Waals surface area (Å²) in [7, 11) is 0. The zero-order chi connectivity index (χ0) is 17.6. The molecule has 1 aromatic carbocycles. The molecule has 3 N–H and O–H groups in total. The Kier molecular flexibility index (Phi) is 6.56. The largest absolute Gasteiger partial charge is 0.364 e. The molecular formula is C16H20F2N4O. The van der Waals surface area contributed by atoms with Crippen molar-refractivity contribution in [2.24, 2.45) is 16.8 Å². The van der Waals surface area contributed by atoms with E-state index in [-0.39, 0.29) is 30.1 Å². The van der Waals surface area contributed by atoms with Gasteiger partial charge >= 0.3 is 0 Å². The number of nitrogens with two attached hydrogens (primary N) is 1. The molecule has 0 unspecified atom stereocenters. The third-order valence-electron chi connectivity index (χ3n) is 3.00. The predicted octanol–water partition coefficient (Wildman–Crippen LogP) is 2.82. The Labute approximate surface area is 134 Å². The maximum Gasteiger partial charge on any atom is 0.265 e. The van der Waals surface area contributed by atoms with E-state index in [4.69, 9.17) is 11.1 Å². The molecule has 2 rings (SSSR count). The van der Waals surface area contributed by atoms with E-state index in [0.717, 1.165) is 11.1 Å². The van der Waals surface area contributed by atoms with Crippen molar-refractivity contribution in [2.75, 3.05) is 0 Å². The fraction of sp³-hybridized carbons (Fsp3) is 0.312. The molecule has 23 heavy (non-hydrogen) atoms. The molecule has 0 radical (unpaired) electrons. The molecule has 1 aliphatic rings. The third kappa shape index (κ3) is 5.28. The number of allylic oxidation sites excluding steroid dienone is 1. The van der Waals surface area contributed by atoms with Crippen LogP contribution in [-0.4, -0.2) is 22.5 Å². The van der Waals surface area contributed by atoms with Gasteiger partial charge in [-0.2, -0.15) is 5.10 Å². The standard InChI is InChI=1S/C11H10F2N4O.C5H10/c12-7-3-1-2-6(10(7)13)5-17-9(14)4-8(16-17)11(15)18;1-4-5(2)3/h1-3,14H,4-5H2,(H2,15,18);4-5H,1H2,2-3H3. The van der Waals surface area contributed by atoms with Gasteiger partial charge in [0.2, 0.25) is 0 Å². The van der Waals surface area contributed by atoms with E-state index in [1.165, 1.54) is 12.1 Å². The minimum atomic E-state index is -0.979. The molecule has 0 atom stereocenters. The molecule has 0 bridgehead atoms. The number of hydrogen-bond donors (Lipinski definition) is 2. The van der Waals surface area contributed by atoms with Crippen molar-refractivity contribution >= 4 is 17.5 Å². The maximum absolute atomic E-state index is 13.4. The van der Waals surface area contributed by atoms with Gasteiger partial charge in [0.1, 0.15) is 11.5 Å². The topological polar surface area (TPSA) is 82.5 Å². The second-order valence-electron chi connectivity index (χ2n) is 5.28. The fourth-order valence-electron chi connectivity index (χ4n) is 1.59. The molecule has 0 fully saturated rings. The zero-order valence-electron chi connectivity index (χ0n) is 13.1. The second kappa shape index (κ2) is 8.17. The summed E-state index contributed by atoms with van der Waals surface area (Å²) in [5, 5.41) is 12.5. The van der Waals surface area contributed by atoms with Crippen LogP contribution in [0.4, 0.5) is 8.78 Å². The lowest BCUT2D eigenvalue weighted by Crippen LogP contribution is -2.22. The lowest BCUT2D eigenvalue weighted by molar-refractivity contribution is -0.112. The Hall–Kier alpha value is -2.57. The van der Waals surface area contributed by atoms with Crippen molar-refractivity contribution < 1.29 is 13.6 Å². The first-order chi connectivity index (χ1) is 10.8. The third-order valence-corrected chi connectivity index (χ3v) is 3.00. The van der Waals surface area contributed by atoms with E-state index in [1.54, 1.807) is 0 Å². The van der Waals surface area contributed by atoms with Gasteiger partial charge in [0.05, 0.1) is 13.0 Å². The maximum atomic E-state index is 13.4. The molecule has 124 valence electrons. The second-order valence-corrected chi connectivity index (χ2v) is 5.28. The Morgan fingerprint density at radius 1 is 1.52 bits per heavy atom. The molecule has 0 saturated carbocycles. The number of primary amides is 1. The summed E-state index contributed by atoms with van der Waals surface area (Å²) in [5.74, 6) is -1.99. The van der Waals surface area contributed by atoms with Gasteiger partial charge in [0, 0.05) is 5.56 Å². The fourth-order valence-corrected chi connectivity index (χ4v) is 1.59. The molecule has 1 amide bonds. The van der Waals surface area contributed by atoms with Gasteiger partial charge in [-0.3, -0.25) is 10.2 Å². The SMILES string of the molecule is C=CC(C)C.N=C1CC(C(N)=O)=NN1Cc1cccc(F)c1F. The summed E-state index contributed by atoms with van der Waals surface area (Å²) in [6.45, 7) is 7.66. The molecule has 0 spiro atoms. The van der Waals surface area contributed by atoms with Crippen LogP contribution in [0, 0.1) is 23.0 Å². The lowest BCUT2D eigenvalue weighted by atomic mass is 10.2. The number of amides is 1. The first-order valence-corrected chi connectivity index (χ1v) is 7.04. The van der Waals surface area contributed by atoms with Gasteiger partial charge in [0.25, 0.3) is 5.91 Å². The van der Waals surface area contributed by atoms with Crippen LogP contribution in [0.1, 0.15) is 25.8 Å². The summed E-state index contributed by atoms with van der Waals surface area (Å²) in [5.41, 5.74) is 5.15. The van der Waals surface area contributed by atoms with Crippen LogP contribution in [0.5, 0.6) is 0 Å². The Morgan fingerprint density at radius 2 is 2.13 bits per heavy atom. The average Bonchev–Trinajstić information content (AvgIpc) is 2.86. The molecule has 7 heteroatoms. The zero-order valence-corrected chi connectivity index (χ0v) is 13.1. The molecule has 0 saturated heterocycles. The Bertz CT molecular complexity index is 641. The average molecular weight is 322 g/mol. The van der Waals surface area contributed by atoms with Gasteiger partial charge in [-0.1, -0.05) is 32.1 Å². The summed E-state index contributed by atoms with van der Waals surface area (Å²) in [6, 6.07) is 3.77. The molecule has 0 aromatic heterocycles. The van der Waals surface area contributed by atoms with E-state index in [0.29, 0.717) is 5.92 Å². The number of nitrogens with zero attached hydrogens (tertiary/aromatic N) is 2. The minimum Gasteiger partial charge on any atom is -0.364 e. The van der Waals surface area contributed by atoms with Gasteiger partial charge < -0.3 is 5.73 Å². The summed E-state index contributed by atoms with van der Waals surface area (Å²) >= 11 is 0. The molecule has 1 aromatic rings. The molecule has 5 nitrogen and oxygen atoms in total. The van der Waals surface area contributed by atoms with Crippen molar-refractivity contribution in [1.82, 2.24) is 5.01 Å². The predicted molar refractivity (Wildman–Crippen MR) is 85.9 cm³/mol. The highest BCUT2D eigenvalue weighted by molar-refractivity contribution is 6.42. The lowest BCUT2D eigenvalue weighted by Gasteiger charge is -2.14. The number of hydrazone groups is 1. The van der Waals surface area contributed by atoms with Crippen molar-refractivity contribution in [3.8, 4) is 0 Å². The number of benzene rings is 1. The van der Waals surface area contributed by atoms with Crippen molar-refractivity contribution in [1.29, 1.82) is 5.41 Å². The monoisotopic (exact) mass is 322 g/mol. The molecule has 0 aliphatic carbocycles. The highest BCUT2D eigenvalue weighted by atomic mass is 19.2. The minimum absolute atomic E-state index is 0.00622. The van der Waals surface area contributed by atoms with Crippen molar-refractivity contribution in [3.63, 3.8) is 0 Å². The number of halogens is 2. The van der Waals surface area contributed by atoms with E-state index in [2.05, 4.69) is 25.5 Å². The summed E-state index contributed by atoms with van der Waals surface area (Å²) < 4.78 is 26.4. The van der Waals surface area contributed by atoms with E-state index >= 15 is 0 Å². The number of amidine groups is 1. The number of nitrogens with one attached hydrogen (secondary N) is 1. The highest BCUT2D eigenvalue weighted by Crippen LogP contribution is 2.17. The van der Waals surface area contributed by atoms with Crippen LogP contribution in [0.15, 0.2) is 36.0 Å². The van der Waals surface area contributed by atoms with Crippen molar-refractivity contribution in [2.45, 2.75) is 26.8 Å². The van der Waals surface area contributed by atoms with Crippen LogP contribution in [0.2, 0.25) is 0 Å². The van der Waals surface area contributed by atoms with Crippen LogP contribution in [0.3, 0.4) is 0 Å². The summed E-state index contributed by atoms with van der Waals surface area (Å²) in [6.07, 6.45) is 1.92. The Balaban J connectivity index is 0.000000463. The van der Waals surface area contributed by atoms with E-state index < -0.39 is 17.5 Å². The van der Waals surface area contributed by atoms with Crippen LogP contribution in [-0.2, 0) is 11.3 Å². The number of carbonyl (C=O) groups is 1. The highest BCUT2D eigenvalue weighted by Gasteiger charge is 2.25. The van der Waals surface area contributed by atoms with E-state index in [9.17, 15) is 13.6 Å². The summed E-state index contributed by atoms with van der Waals surface area (Å²) in [4.78, 5) is 10.9. The molecule has 1 heterocycles. The first-order valence-electron chi connectivity index (χ1n) is 7.04. The van der Waals surface area contributed by atoms with E-state index in [1.807, 2.05) is 6.08 Å². The number of hydrogen-bond acceptors (Lipinski definition) is 3. The molecular weight excluding hydrogens is 302 g/mol. The van der Waals surface area contributed by atoms with Gasteiger partial charge in [-0.05, 0) is 12.0 Å². The Morgan fingerprint density at radius 3 is 2.61 bits per heavy atom. The van der Waals surface area contributed by atoms with Gasteiger partial charge in [-0.15, -0.1) is 6.58 Å². The van der Waals surface area contributed by atoms with Crippen LogP contribution in [0.25, 0.3) is 0 Å². The van der Waals surface area contributed by atoms with Gasteiger partial charge in [0.15, 0.2) is 11.6 Å². The van der Waals surface area contributed by atoms with Crippen LogP contribution < -0.4 is 5.73 Å². The van der Waals surface area contributed by atoms with Gasteiger partial charge in [-0.25, -0.2) is 13.8 Å². The normalized spacial score (nSPS) is 13.5. The smallest absolute Gasteiger partial charge is 0.265 e. The quantitative estimate of drug-likeness (QED) is 0.836. The van der Waals surface area contributed by atoms with Crippen molar-refractivity contribution in [3.05, 3.63) is 48.1 Å². The molecule has 1 aliphatic heterocycles. The number of rotatable bonds is 4. The first kappa shape index (κ1) is 18.5.